The van der Waals surface area contributed by atoms with E-state index in [1.807, 2.05) is 27.1 Å². The van der Waals surface area contributed by atoms with Gasteiger partial charge in [0.2, 0.25) is 0 Å². The third kappa shape index (κ3) is 3.43. The first-order valence-corrected chi connectivity index (χ1v) is 9.47. The number of nitrogens with zero attached hydrogens (tertiary/aromatic N) is 7. The molecule has 27 heavy (non-hydrogen) atoms. The molecule has 1 saturated heterocycles. The largest absolute Gasteiger partial charge is 0.356 e. The van der Waals surface area contributed by atoms with Gasteiger partial charge in [0, 0.05) is 32.7 Å². The van der Waals surface area contributed by atoms with Gasteiger partial charge in [-0.25, -0.2) is 15.0 Å². The van der Waals surface area contributed by atoms with Gasteiger partial charge in [-0.3, -0.25) is 14.0 Å². The number of aryl methyl sites for hydroxylation is 1. The highest BCUT2D eigenvalue weighted by molar-refractivity contribution is 5.86. The molecule has 0 aliphatic carbocycles. The monoisotopic (exact) mass is 367 g/mol. The molecular weight excluding hydrogens is 342 g/mol. The first-order valence-electron chi connectivity index (χ1n) is 9.47. The zero-order chi connectivity index (χ0) is 19.0. The number of rotatable bonds is 4. The average Bonchev–Trinajstić information content (AvgIpc) is 3.05. The van der Waals surface area contributed by atoms with E-state index >= 15 is 0 Å². The fourth-order valence-corrected chi connectivity index (χ4v) is 3.70. The van der Waals surface area contributed by atoms with E-state index in [4.69, 9.17) is 0 Å². The molecule has 0 bridgehead atoms. The van der Waals surface area contributed by atoms with Gasteiger partial charge in [0.05, 0.1) is 23.6 Å². The Morgan fingerprint density at radius 2 is 1.96 bits per heavy atom. The molecule has 1 aliphatic heterocycles. The Labute approximate surface area is 157 Å². The van der Waals surface area contributed by atoms with E-state index in [1.165, 1.54) is 0 Å². The van der Waals surface area contributed by atoms with Crippen molar-refractivity contribution in [2.24, 2.45) is 13.0 Å². The number of fused-ring (bicyclic) bond motifs is 1. The van der Waals surface area contributed by atoms with E-state index in [0.29, 0.717) is 5.92 Å². The molecule has 3 aromatic heterocycles. The maximum atomic E-state index is 12.3. The molecule has 0 N–H and O–H groups in total. The van der Waals surface area contributed by atoms with Crippen LogP contribution in [0.5, 0.6) is 0 Å². The maximum absolute atomic E-state index is 12.3. The smallest absolute Gasteiger partial charge is 0.253 e. The summed E-state index contributed by atoms with van der Waals surface area (Å²) in [6.07, 6.45) is 7.17. The van der Waals surface area contributed by atoms with Gasteiger partial charge >= 0.3 is 0 Å². The predicted octanol–water partition coefficient (Wildman–Crippen LogP) is 1.96. The SMILES string of the molecule is CC(C)c1cc(=O)n(CC2CCN(c3ncnc4c3cnn4C)CC2)cn1. The van der Waals surface area contributed by atoms with Crippen LogP contribution in [-0.4, -0.2) is 42.4 Å². The molecule has 0 unspecified atom stereocenters. The van der Waals surface area contributed by atoms with Crippen molar-refractivity contribution in [1.29, 1.82) is 0 Å². The summed E-state index contributed by atoms with van der Waals surface area (Å²) in [7, 11) is 1.89. The van der Waals surface area contributed by atoms with Crippen LogP contribution < -0.4 is 10.5 Å². The van der Waals surface area contributed by atoms with Gasteiger partial charge in [-0.1, -0.05) is 13.8 Å². The molecule has 8 heteroatoms. The van der Waals surface area contributed by atoms with Crippen molar-refractivity contribution in [3.63, 3.8) is 0 Å². The number of hydrogen-bond acceptors (Lipinski definition) is 6. The molecular formula is C19H25N7O. The summed E-state index contributed by atoms with van der Waals surface area (Å²) in [5.74, 6) is 1.69. The molecule has 8 nitrogen and oxygen atoms in total. The van der Waals surface area contributed by atoms with Crippen LogP contribution in [0.1, 0.15) is 38.3 Å². The molecule has 0 atom stereocenters. The van der Waals surface area contributed by atoms with Crippen molar-refractivity contribution in [2.45, 2.75) is 39.2 Å². The van der Waals surface area contributed by atoms with Gasteiger partial charge in [0.1, 0.15) is 12.1 Å². The second-order valence-electron chi connectivity index (χ2n) is 7.59. The lowest BCUT2D eigenvalue weighted by molar-refractivity contribution is 0.350. The molecule has 4 heterocycles. The third-order valence-electron chi connectivity index (χ3n) is 5.37. The van der Waals surface area contributed by atoms with Gasteiger partial charge in [-0.05, 0) is 24.7 Å². The van der Waals surface area contributed by atoms with Crippen molar-refractivity contribution < 1.29 is 0 Å². The molecule has 4 rings (SSSR count). The Morgan fingerprint density at radius 3 is 2.67 bits per heavy atom. The van der Waals surface area contributed by atoms with Gasteiger partial charge in [-0.15, -0.1) is 0 Å². The summed E-state index contributed by atoms with van der Waals surface area (Å²) in [5.41, 5.74) is 1.75. The van der Waals surface area contributed by atoms with Gasteiger partial charge < -0.3 is 4.90 Å². The van der Waals surface area contributed by atoms with Gasteiger partial charge in [0.25, 0.3) is 5.56 Å². The van der Waals surface area contributed by atoms with Gasteiger partial charge in [-0.2, -0.15) is 5.10 Å². The number of piperidine rings is 1. The Balaban J connectivity index is 1.44. The summed E-state index contributed by atoms with van der Waals surface area (Å²) in [5, 5.41) is 5.28. The molecule has 0 spiro atoms. The fourth-order valence-electron chi connectivity index (χ4n) is 3.70. The van der Waals surface area contributed by atoms with Crippen LogP contribution >= 0.6 is 0 Å². The minimum absolute atomic E-state index is 0.0454. The topological polar surface area (TPSA) is 81.7 Å². The minimum atomic E-state index is 0.0454. The van der Waals surface area contributed by atoms with Crippen molar-refractivity contribution in [2.75, 3.05) is 18.0 Å². The zero-order valence-electron chi connectivity index (χ0n) is 16.0. The molecule has 3 aromatic rings. The number of aromatic nitrogens is 6. The predicted molar refractivity (Wildman–Crippen MR) is 104 cm³/mol. The van der Waals surface area contributed by atoms with Crippen LogP contribution in [0.2, 0.25) is 0 Å². The highest BCUT2D eigenvalue weighted by atomic mass is 16.1. The zero-order valence-corrected chi connectivity index (χ0v) is 16.0. The Kier molecular flexibility index (Phi) is 4.63. The number of anilines is 1. The van der Waals surface area contributed by atoms with Crippen LogP contribution in [0.4, 0.5) is 5.82 Å². The van der Waals surface area contributed by atoms with Crippen molar-refractivity contribution in [3.8, 4) is 0 Å². The molecule has 0 amide bonds. The van der Waals surface area contributed by atoms with Crippen LogP contribution in [0.3, 0.4) is 0 Å². The first kappa shape index (κ1) is 17.6. The Morgan fingerprint density at radius 1 is 1.19 bits per heavy atom. The molecule has 0 radical (unpaired) electrons. The van der Waals surface area contributed by atoms with E-state index in [2.05, 4.69) is 25.0 Å². The summed E-state index contributed by atoms with van der Waals surface area (Å²) in [4.78, 5) is 27.9. The van der Waals surface area contributed by atoms with Crippen molar-refractivity contribution in [1.82, 2.24) is 29.3 Å². The summed E-state index contributed by atoms with van der Waals surface area (Å²) in [6.45, 7) is 6.66. The van der Waals surface area contributed by atoms with Crippen molar-refractivity contribution >= 4 is 16.9 Å². The third-order valence-corrected chi connectivity index (χ3v) is 5.37. The quantitative estimate of drug-likeness (QED) is 0.701. The second kappa shape index (κ2) is 7.09. The summed E-state index contributed by atoms with van der Waals surface area (Å²) < 4.78 is 3.52. The Bertz CT molecular complexity index is 999. The van der Waals surface area contributed by atoms with Crippen molar-refractivity contribution in [3.05, 3.63) is 41.0 Å². The summed E-state index contributed by atoms with van der Waals surface area (Å²) in [6, 6.07) is 1.67. The molecule has 0 aromatic carbocycles. The van der Waals surface area contributed by atoms with Crippen LogP contribution in [0.15, 0.2) is 29.7 Å². The number of hydrogen-bond donors (Lipinski definition) is 0. The summed E-state index contributed by atoms with van der Waals surface area (Å²) >= 11 is 0. The van der Waals surface area contributed by atoms with E-state index in [9.17, 15) is 4.79 Å². The minimum Gasteiger partial charge on any atom is -0.356 e. The van der Waals surface area contributed by atoms with E-state index in [0.717, 1.165) is 55.0 Å². The highest BCUT2D eigenvalue weighted by Crippen LogP contribution is 2.27. The lowest BCUT2D eigenvalue weighted by Gasteiger charge is -2.33. The van der Waals surface area contributed by atoms with Crippen LogP contribution in [-0.2, 0) is 13.6 Å². The van der Waals surface area contributed by atoms with E-state index in [1.54, 1.807) is 28.0 Å². The molecule has 0 saturated carbocycles. The second-order valence-corrected chi connectivity index (χ2v) is 7.59. The molecule has 1 fully saturated rings. The van der Waals surface area contributed by atoms with Gasteiger partial charge in [0.15, 0.2) is 5.65 Å². The van der Waals surface area contributed by atoms with Crippen LogP contribution in [0, 0.1) is 5.92 Å². The van der Waals surface area contributed by atoms with Crippen LogP contribution in [0.25, 0.3) is 11.0 Å². The lowest BCUT2D eigenvalue weighted by Crippen LogP contribution is -2.37. The first-order chi connectivity index (χ1) is 13.0. The van der Waals surface area contributed by atoms with E-state index in [-0.39, 0.29) is 11.5 Å². The Hall–Kier alpha value is -2.77. The normalized spacial score (nSPS) is 15.8. The molecule has 142 valence electrons. The maximum Gasteiger partial charge on any atom is 0.253 e. The lowest BCUT2D eigenvalue weighted by atomic mass is 9.96. The fraction of sp³-hybridized carbons (Fsp3) is 0.526. The standard InChI is InChI=1S/C19H25N7O/c1-13(2)16-8-17(27)26(12-22-16)10-14-4-6-25(7-5-14)19-15-9-23-24(3)18(15)20-11-21-19/h8-9,11-14H,4-7,10H2,1-3H3. The van der Waals surface area contributed by atoms with E-state index < -0.39 is 0 Å². The average molecular weight is 367 g/mol. The highest BCUT2D eigenvalue weighted by Gasteiger charge is 2.23. The molecule has 1 aliphatic rings.